The molecule has 3 N–H and O–H groups in total. The van der Waals surface area contributed by atoms with Gasteiger partial charge >= 0.3 is 5.20 Å². The van der Waals surface area contributed by atoms with Crippen molar-refractivity contribution in [2.75, 3.05) is 26.3 Å². The smallest absolute Gasteiger partial charge is 0.339 e. The molecule has 0 saturated heterocycles. The van der Waals surface area contributed by atoms with Crippen LogP contribution >= 0.6 is 38.9 Å². The second-order valence-electron chi connectivity index (χ2n) is 1.60. The third-order valence-corrected chi connectivity index (χ3v) is 0.577. The standard InChI is InChI=1S/C4H11NO2.Cl3OP/c6-3-1-5-2-4-7;1-5(2,3)4/h5-7H,1-4H2;. The second-order valence-corrected chi connectivity index (χ2v) is 8.24. The van der Waals surface area contributed by atoms with Gasteiger partial charge in [-0.1, -0.05) is 0 Å². The van der Waals surface area contributed by atoms with E-state index in [9.17, 15) is 4.57 Å². The van der Waals surface area contributed by atoms with E-state index < -0.39 is 5.20 Å². The Hall–Kier alpha value is 0.980. The summed E-state index contributed by atoms with van der Waals surface area (Å²) < 4.78 is 9.51. The molecule has 0 aromatic rings. The lowest BCUT2D eigenvalue weighted by atomic mass is 10.6. The molecule has 76 valence electrons. The molecule has 4 nitrogen and oxygen atoms in total. The molecule has 0 bridgehead atoms. The van der Waals surface area contributed by atoms with E-state index in [1.807, 2.05) is 0 Å². The fraction of sp³-hybridized carbons (Fsp3) is 1.00. The number of aliphatic hydroxyl groups is 2. The maximum atomic E-state index is 9.51. The molecular formula is C4H11Cl3NO3P. The SMILES string of the molecule is O=P(Cl)(Cl)Cl.OCCNCCO. The van der Waals surface area contributed by atoms with Gasteiger partial charge in [-0.3, -0.25) is 4.57 Å². The fourth-order valence-corrected chi connectivity index (χ4v) is 0.283. The van der Waals surface area contributed by atoms with Crippen LogP contribution in [0.25, 0.3) is 0 Å². The summed E-state index contributed by atoms with van der Waals surface area (Å²) in [4.78, 5) is 0. The summed E-state index contributed by atoms with van der Waals surface area (Å²) in [5.41, 5.74) is 0. The molecule has 0 unspecified atom stereocenters. The van der Waals surface area contributed by atoms with Crippen LogP contribution in [0.5, 0.6) is 0 Å². The van der Waals surface area contributed by atoms with Gasteiger partial charge < -0.3 is 15.5 Å². The van der Waals surface area contributed by atoms with Crippen LogP contribution in [-0.4, -0.2) is 36.5 Å². The van der Waals surface area contributed by atoms with E-state index in [1.54, 1.807) is 0 Å². The van der Waals surface area contributed by atoms with E-state index in [0.29, 0.717) is 13.1 Å². The Labute approximate surface area is 85.6 Å². The third kappa shape index (κ3) is 44.1. The van der Waals surface area contributed by atoms with Crippen LogP contribution in [0.2, 0.25) is 0 Å². The van der Waals surface area contributed by atoms with Crippen LogP contribution < -0.4 is 5.32 Å². The van der Waals surface area contributed by atoms with Crippen LogP contribution in [0.3, 0.4) is 0 Å². The lowest BCUT2D eigenvalue weighted by molar-refractivity contribution is 0.267. The first-order valence-electron chi connectivity index (χ1n) is 3.03. The van der Waals surface area contributed by atoms with E-state index in [0.717, 1.165) is 0 Å². The second kappa shape index (κ2) is 10.1. The molecule has 0 saturated carbocycles. The Morgan fingerprint density at radius 2 is 1.33 bits per heavy atom. The summed E-state index contributed by atoms with van der Waals surface area (Å²) in [7, 11) is 0. The van der Waals surface area contributed by atoms with Gasteiger partial charge in [0.25, 0.3) is 0 Å². The molecule has 8 heteroatoms. The zero-order chi connectivity index (χ0) is 10.0. The predicted octanol–water partition coefficient (Wildman–Crippen LogP) is 1.37. The maximum absolute atomic E-state index is 9.51. The van der Waals surface area contributed by atoms with Crippen molar-refractivity contribution in [1.82, 2.24) is 5.32 Å². The molecule has 0 rings (SSSR count). The quantitative estimate of drug-likeness (QED) is 0.526. The summed E-state index contributed by atoms with van der Waals surface area (Å²) >= 11 is 13.8. The molecule has 0 radical (unpaired) electrons. The lowest BCUT2D eigenvalue weighted by Crippen LogP contribution is -2.21. The molecule has 0 heterocycles. The van der Waals surface area contributed by atoms with Crippen molar-refractivity contribution in [2.24, 2.45) is 0 Å². The van der Waals surface area contributed by atoms with Crippen LogP contribution in [0.15, 0.2) is 0 Å². The summed E-state index contributed by atoms with van der Waals surface area (Å²) in [5, 5.41) is 15.9. The van der Waals surface area contributed by atoms with Gasteiger partial charge in [0, 0.05) is 13.1 Å². The number of hydrogen-bond acceptors (Lipinski definition) is 4. The predicted molar refractivity (Wildman–Crippen MR) is 52.2 cm³/mol. The van der Waals surface area contributed by atoms with E-state index in [2.05, 4.69) is 39.0 Å². The Morgan fingerprint density at radius 1 is 1.08 bits per heavy atom. The zero-order valence-corrected chi connectivity index (χ0v) is 9.37. The minimum absolute atomic E-state index is 0.139. The first-order valence-corrected chi connectivity index (χ1v) is 7.45. The van der Waals surface area contributed by atoms with E-state index in [1.165, 1.54) is 0 Å². The van der Waals surface area contributed by atoms with Crippen LogP contribution in [0, 0.1) is 0 Å². The first-order chi connectivity index (χ1) is 5.41. The fourth-order valence-electron chi connectivity index (χ4n) is 0.283. The topological polar surface area (TPSA) is 69.6 Å². The van der Waals surface area contributed by atoms with E-state index >= 15 is 0 Å². The molecular weight excluding hydrogens is 247 g/mol. The van der Waals surface area contributed by atoms with Crippen molar-refractivity contribution >= 4 is 38.9 Å². The molecule has 0 aromatic carbocycles. The third-order valence-electron chi connectivity index (χ3n) is 0.577. The summed E-state index contributed by atoms with van der Waals surface area (Å²) in [6.45, 7) is 1.42. The lowest BCUT2D eigenvalue weighted by Gasteiger charge is -1.94. The largest absolute Gasteiger partial charge is 0.395 e. The minimum atomic E-state index is -3.22. The monoisotopic (exact) mass is 257 g/mol. The van der Waals surface area contributed by atoms with Crippen molar-refractivity contribution < 1.29 is 14.8 Å². The summed E-state index contributed by atoms with van der Waals surface area (Å²) in [5.74, 6) is 0. The van der Waals surface area contributed by atoms with Crippen molar-refractivity contribution in [3.05, 3.63) is 0 Å². The number of aliphatic hydroxyl groups excluding tert-OH is 2. The highest BCUT2D eigenvalue weighted by Crippen LogP contribution is 2.61. The van der Waals surface area contributed by atoms with Crippen LogP contribution in [0.4, 0.5) is 0 Å². The summed E-state index contributed by atoms with van der Waals surface area (Å²) in [6, 6.07) is 0. The Morgan fingerprint density at radius 3 is 1.50 bits per heavy atom. The molecule has 0 spiro atoms. The van der Waals surface area contributed by atoms with Crippen molar-refractivity contribution in [3.63, 3.8) is 0 Å². The van der Waals surface area contributed by atoms with Gasteiger partial charge in [-0.25, -0.2) is 0 Å². The van der Waals surface area contributed by atoms with E-state index in [-0.39, 0.29) is 13.2 Å². The number of rotatable bonds is 4. The number of nitrogens with one attached hydrogen (secondary N) is 1. The summed E-state index contributed by atoms with van der Waals surface area (Å²) in [6.07, 6.45) is 0. The molecule has 0 aliphatic rings. The highest BCUT2D eigenvalue weighted by molar-refractivity contribution is 8.24. The minimum Gasteiger partial charge on any atom is -0.395 e. The van der Waals surface area contributed by atoms with Gasteiger partial charge in [-0.2, -0.15) is 0 Å². The molecule has 0 fully saturated rings. The van der Waals surface area contributed by atoms with Crippen LogP contribution in [0.1, 0.15) is 0 Å². The van der Waals surface area contributed by atoms with Crippen molar-refractivity contribution in [3.8, 4) is 0 Å². The first kappa shape index (κ1) is 15.5. The van der Waals surface area contributed by atoms with Gasteiger partial charge in [-0.05, 0) is 33.7 Å². The van der Waals surface area contributed by atoms with Gasteiger partial charge in [0.1, 0.15) is 0 Å². The highest BCUT2D eigenvalue weighted by atomic mass is 36.0. The molecule has 0 aliphatic carbocycles. The number of halogens is 3. The Balaban J connectivity index is 0. The van der Waals surface area contributed by atoms with Gasteiger partial charge in [0.2, 0.25) is 0 Å². The van der Waals surface area contributed by atoms with Gasteiger partial charge in [0.05, 0.1) is 13.2 Å². The maximum Gasteiger partial charge on any atom is 0.339 e. The van der Waals surface area contributed by atoms with Crippen LogP contribution in [-0.2, 0) is 4.57 Å². The molecule has 0 atom stereocenters. The average molecular weight is 258 g/mol. The molecule has 0 aliphatic heterocycles. The molecule has 0 aromatic heterocycles. The average Bonchev–Trinajstić information content (AvgIpc) is 1.85. The number of hydrogen-bond donors (Lipinski definition) is 3. The highest BCUT2D eigenvalue weighted by Gasteiger charge is 2.02. The molecule has 0 amide bonds. The van der Waals surface area contributed by atoms with Gasteiger partial charge in [-0.15, -0.1) is 0 Å². The Bertz CT molecular complexity index is 118. The zero-order valence-electron chi connectivity index (χ0n) is 6.21. The Kier molecular flexibility index (Phi) is 13.0. The van der Waals surface area contributed by atoms with E-state index in [4.69, 9.17) is 10.2 Å². The molecule has 12 heavy (non-hydrogen) atoms. The van der Waals surface area contributed by atoms with Crippen molar-refractivity contribution in [1.29, 1.82) is 0 Å². The van der Waals surface area contributed by atoms with Crippen molar-refractivity contribution in [2.45, 2.75) is 0 Å². The van der Waals surface area contributed by atoms with Gasteiger partial charge in [0.15, 0.2) is 0 Å². The normalized spacial score (nSPS) is 10.4.